The molecule has 0 saturated carbocycles. The van der Waals surface area contributed by atoms with E-state index in [0.717, 1.165) is 16.7 Å². The number of nitrogens with zero attached hydrogens (tertiary/aromatic N) is 1. The lowest BCUT2D eigenvalue weighted by atomic mass is 10.1. The van der Waals surface area contributed by atoms with Crippen molar-refractivity contribution in [1.82, 2.24) is 10.7 Å². The van der Waals surface area contributed by atoms with E-state index in [9.17, 15) is 14.4 Å². The molecule has 10 nitrogen and oxygen atoms in total. The van der Waals surface area contributed by atoms with Gasteiger partial charge in [0, 0.05) is 12.2 Å². The van der Waals surface area contributed by atoms with E-state index in [-0.39, 0.29) is 19.1 Å². The maximum Gasteiger partial charge on any atom is 0.329 e. The Morgan fingerprint density at radius 3 is 2.26 bits per heavy atom. The molecule has 0 aliphatic rings. The van der Waals surface area contributed by atoms with Crippen LogP contribution in [0.5, 0.6) is 17.2 Å². The zero-order chi connectivity index (χ0) is 28.4. The lowest BCUT2D eigenvalue weighted by molar-refractivity contribution is -0.139. The van der Waals surface area contributed by atoms with Crippen LogP contribution in [0.4, 0.5) is 5.69 Å². The molecule has 0 bridgehead atoms. The second-order valence-corrected chi connectivity index (χ2v) is 9.64. The Balaban J connectivity index is 1.54. The third kappa shape index (κ3) is 8.99. The largest absolute Gasteiger partial charge is 0.497 e. The monoisotopic (exact) mass is 644 g/mol. The summed E-state index contributed by atoms with van der Waals surface area (Å²) in [5.74, 6) is -0.564. The summed E-state index contributed by atoms with van der Waals surface area (Å²) in [5, 5.41) is 9.21. The van der Waals surface area contributed by atoms with E-state index in [1.54, 1.807) is 43.5 Å². The predicted molar refractivity (Wildman–Crippen MR) is 156 cm³/mol. The lowest BCUT2D eigenvalue weighted by Crippen LogP contribution is -2.37. The van der Waals surface area contributed by atoms with Crippen LogP contribution in [0, 0.1) is 17.4 Å². The van der Waals surface area contributed by atoms with Crippen LogP contribution in [-0.4, -0.2) is 44.8 Å². The molecule has 204 valence electrons. The summed E-state index contributed by atoms with van der Waals surface area (Å²) in [7, 11) is 3.04. The van der Waals surface area contributed by atoms with Gasteiger partial charge in [0.15, 0.2) is 18.1 Å². The fourth-order valence-corrected chi connectivity index (χ4v) is 4.34. The number of hydrazone groups is 1. The fraction of sp³-hybridized carbons (Fsp3) is 0.214. The molecule has 0 aromatic heterocycles. The smallest absolute Gasteiger partial charge is 0.329 e. The van der Waals surface area contributed by atoms with Gasteiger partial charge in [-0.3, -0.25) is 14.4 Å². The molecule has 0 fully saturated rings. The van der Waals surface area contributed by atoms with Gasteiger partial charge < -0.3 is 24.8 Å². The number of hydrogen-bond acceptors (Lipinski definition) is 7. The minimum Gasteiger partial charge on any atom is -0.497 e. The Bertz CT molecular complexity index is 1350. The Labute approximate surface area is 240 Å². The number of benzene rings is 3. The number of anilines is 1. The molecular weight excluding hydrogens is 615 g/mol. The summed E-state index contributed by atoms with van der Waals surface area (Å²) in [5.41, 5.74) is 6.39. The van der Waals surface area contributed by atoms with Crippen molar-refractivity contribution in [3.8, 4) is 17.2 Å². The molecule has 0 radical (unpaired) electrons. The summed E-state index contributed by atoms with van der Waals surface area (Å²) in [6.45, 7) is 3.89. The third-order valence-corrected chi connectivity index (χ3v) is 6.10. The topological polar surface area (TPSA) is 127 Å². The van der Waals surface area contributed by atoms with E-state index in [1.165, 1.54) is 13.3 Å². The van der Waals surface area contributed by atoms with Crippen molar-refractivity contribution in [2.75, 3.05) is 26.1 Å². The quantitative estimate of drug-likeness (QED) is 0.134. The van der Waals surface area contributed by atoms with E-state index < -0.39 is 11.8 Å². The number of nitrogens with one attached hydrogen (secondary N) is 3. The maximum atomic E-state index is 12.4. The number of aryl methyl sites for hydroxylation is 2. The van der Waals surface area contributed by atoms with Gasteiger partial charge in [-0.15, -0.1) is 0 Å². The molecule has 0 saturated heterocycles. The normalized spacial score (nSPS) is 10.6. The lowest BCUT2D eigenvalue weighted by Gasteiger charge is -2.14. The highest BCUT2D eigenvalue weighted by atomic mass is 127. The molecular formula is C28H29IN4O6. The molecule has 39 heavy (non-hydrogen) atoms. The second kappa shape index (κ2) is 14.1. The number of rotatable bonds is 10. The van der Waals surface area contributed by atoms with Crippen molar-refractivity contribution >= 4 is 52.2 Å². The van der Waals surface area contributed by atoms with Gasteiger partial charge >= 0.3 is 11.8 Å². The highest BCUT2D eigenvalue weighted by Gasteiger charge is 2.15. The van der Waals surface area contributed by atoms with Gasteiger partial charge in [0.25, 0.3) is 5.91 Å². The average Bonchev–Trinajstić information content (AvgIpc) is 2.90. The first kappa shape index (κ1) is 29.4. The van der Waals surface area contributed by atoms with Gasteiger partial charge in [-0.05, 0) is 95.1 Å². The number of carbonyl (C=O) groups excluding carboxylic acids is 3. The van der Waals surface area contributed by atoms with Crippen molar-refractivity contribution in [2.45, 2.75) is 20.4 Å². The highest BCUT2D eigenvalue weighted by molar-refractivity contribution is 14.1. The molecule has 0 spiro atoms. The van der Waals surface area contributed by atoms with Gasteiger partial charge in [0.1, 0.15) is 5.75 Å². The minimum absolute atomic E-state index is 0.180. The number of halogens is 1. The Hall–Kier alpha value is -4.13. The summed E-state index contributed by atoms with van der Waals surface area (Å²) >= 11 is 2.05. The molecule has 0 aliphatic carbocycles. The number of ether oxygens (including phenoxy) is 3. The van der Waals surface area contributed by atoms with E-state index in [0.29, 0.717) is 32.1 Å². The molecule has 3 amide bonds. The predicted octanol–water partition coefficient (Wildman–Crippen LogP) is 3.71. The average molecular weight is 644 g/mol. The molecule has 0 heterocycles. The van der Waals surface area contributed by atoms with Crippen molar-refractivity contribution in [3.05, 3.63) is 80.4 Å². The zero-order valence-electron chi connectivity index (χ0n) is 22.0. The SMILES string of the molecule is COc1ccc(CNC(=O)C(=O)N/N=C\c2cc(I)c(OCC(=O)Nc3cc(C)cc(C)c3)c(OC)c2)cc1. The van der Waals surface area contributed by atoms with Crippen molar-refractivity contribution in [2.24, 2.45) is 5.10 Å². The van der Waals surface area contributed by atoms with E-state index >= 15 is 0 Å². The number of hydrogen-bond donors (Lipinski definition) is 3. The van der Waals surface area contributed by atoms with Crippen LogP contribution in [0.2, 0.25) is 0 Å². The molecule has 3 rings (SSSR count). The van der Waals surface area contributed by atoms with Crippen molar-refractivity contribution < 1.29 is 28.6 Å². The molecule has 0 unspecified atom stereocenters. The number of amides is 3. The van der Waals surface area contributed by atoms with Crippen molar-refractivity contribution in [1.29, 1.82) is 0 Å². The summed E-state index contributed by atoms with van der Waals surface area (Å²) in [4.78, 5) is 36.6. The molecule has 3 aromatic carbocycles. The molecule has 0 aliphatic heterocycles. The van der Waals surface area contributed by atoms with Gasteiger partial charge in [-0.25, -0.2) is 5.43 Å². The van der Waals surface area contributed by atoms with E-state index in [4.69, 9.17) is 14.2 Å². The Morgan fingerprint density at radius 1 is 0.923 bits per heavy atom. The van der Waals surface area contributed by atoms with Crippen molar-refractivity contribution in [3.63, 3.8) is 0 Å². The first-order chi connectivity index (χ1) is 18.7. The van der Waals surface area contributed by atoms with Gasteiger partial charge in [-0.1, -0.05) is 18.2 Å². The Kier molecular flexibility index (Phi) is 10.7. The minimum atomic E-state index is -0.906. The number of methoxy groups -OCH3 is 2. The van der Waals surface area contributed by atoms with Crippen LogP contribution < -0.4 is 30.3 Å². The van der Waals surface area contributed by atoms with Crippen LogP contribution in [0.15, 0.2) is 59.7 Å². The maximum absolute atomic E-state index is 12.4. The standard InChI is InChI=1S/C28H29IN4O6/c1-17-9-18(2)11-21(10-17)32-25(34)16-39-26-23(29)12-20(13-24(26)38-4)15-31-33-28(36)27(35)30-14-19-5-7-22(37-3)8-6-19/h5-13,15H,14,16H2,1-4H3,(H,30,35)(H,32,34)(H,33,36)/b31-15-. The summed E-state index contributed by atoms with van der Waals surface area (Å²) in [6, 6.07) is 16.3. The van der Waals surface area contributed by atoms with Crippen LogP contribution in [0.1, 0.15) is 22.3 Å². The third-order valence-electron chi connectivity index (χ3n) is 5.30. The van der Waals surface area contributed by atoms with Gasteiger partial charge in [0.2, 0.25) is 0 Å². The molecule has 3 aromatic rings. The highest BCUT2D eigenvalue weighted by Crippen LogP contribution is 2.33. The molecule has 3 N–H and O–H groups in total. The van der Waals surface area contributed by atoms with Crippen LogP contribution in [-0.2, 0) is 20.9 Å². The van der Waals surface area contributed by atoms with E-state index in [1.807, 2.05) is 32.0 Å². The van der Waals surface area contributed by atoms with Crippen LogP contribution in [0.3, 0.4) is 0 Å². The zero-order valence-corrected chi connectivity index (χ0v) is 24.1. The van der Waals surface area contributed by atoms with Gasteiger partial charge in [0.05, 0.1) is 24.0 Å². The summed E-state index contributed by atoms with van der Waals surface area (Å²) < 4.78 is 16.9. The summed E-state index contributed by atoms with van der Waals surface area (Å²) in [6.07, 6.45) is 1.37. The second-order valence-electron chi connectivity index (χ2n) is 8.48. The first-order valence-corrected chi connectivity index (χ1v) is 12.9. The van der Waals surface area contributed by atoms with E-state index in [2.05, 4.69) is 43.8 Å². The first-order valence-electron chi connectivity index (χ1n) is 11.8. The van der Waals surface area contributed by atoms with Gasteiger partial charge in [-0.2, -0.15) is 5.10 Å². The fourth-order valence-electron chi connectivity index (χ4n) is 3.56. The number of carbonyl (C=O) groups is 3. The Morgan fingerprint density at radius 2 is 1.62 bits per heavy atom. The van der Waals surface area contributed by atoms with Crippen LogP contribution in [0.25, 0.3) is 0 Å². The van der Waals surface area contributed by atoms with Crippen LogP contribution >= 0.6 is 22.6 Å². The molecule has 11 heteroatoms. The molecule has 0 atom stereocenters.